The molecule has 1 saturated carbocycles. The molecule has 0 saturated heterocycles. The van der Waals surface area contributed by atoms with Crippen LogP contribution in [0.1, 0.15) is 44.2 Å². The molecule has 100 valence electrons. The van der Waals surface area contributed by atoms with E-state index in [-0.39, 0.29) is 0 Å². The SMILES string of the molecule is CCC(NCC1(O)CCC1)c1ccc(OC)cc1. The van der Waals surface area contributed by atoms with Gasteiger partial charge in [0.25, 0.3) is 0 Å². The molecule has 0 radical (unpaired) electrons. The molecule has 1 unspecified atom stereocenters. The van der Waals surface area contributed by atoms with Gasteiger partial charge in [-0.05, 0) is 43.4 Å². The minimum atomic E-state index is -0.458. The molecule has 18 heavy (non-hydrogen) atoms. The molecule has 1 aliphatic carbocycles. The maximum absolute atomic E-state index is 10.1. The molecule has 2 rings (SSSR count). The number of benzene rings is 1. The van der Waals surface area contributed by atoms with Crippen molar-refractivity contribution in [1.82, 2.24) is 5.32 Å². The third-order valence-corrected chi connectivity index (χ3v) is 3.89. The molecule has 3 heteroatoms. The van der Waals surface area contributed by atoms with Crippen molar-refractivity contribution in [1.29, 1.82) is 0 Å². The van der Waals surface area contributed by atoms with E-state index >= 15 is 0 Å². The first-order chi connectivity index (χ1) is 8.67. The van der Waals surface area contributed by atoms with Crippen LogP contribution in [0, 0.1) is 0 Å². The van der Waals surface area contributed by atoms with Crippen molar-refractivity contribution in [3.8, 4) is 5.75 Å². The Labute approximate surface area is 109 Å². The Bertz CT molecular complexity index is 371. The molecule has 1 aliphatic rings. The molecule has 0 heterocycles. The quantitative estimate of drug-likeness (QED) is 0.814. The van der Waals surface area contributed by atoms with Gasteiger partial charge in [-0.3, -0.25) is 0 Å². The monoisotopic (exact) mass is 249 g/mol. The molecular formula is C15H23NO2. The smallest absolute Gasteiger partial charge is 0.118 e. The number of hydrogen-bond donors (Lipinski definition) is 2. The summed E-state index contributed by atoms with van der Waals surface area (Å²) in [5.41, 5.74) is 0.793. The van der Waals surface area contributed by atoms with Gasteiger partial charge < -0.3 is 15.2 Å². The van der Waals surface area contributed by atoms with E-state index in [1.807, 2.05) is 12.1 Å². The summed E-state index contributed by atoms with van der Waals surface area (Å²) in [6.07, 6.45) is 4.03. The predicted molar refractivity (Wildman–Crippen MR) is 72.8 cm³/mol. The number of aliphatic hydroxyl groups is 1. The van der Waals surface area contributed by atoms with Crippen molar-refractivity contribution in [2.45, 2.75) is 44.2 Å². The summed E-state index contributed by atoms with van der Waals surface area (Å²) in [7, 11) is 1.68. The maximum Gasteiger partial charge on any atom is 0.118 e. The lowest BCUT2D eigenvalue weighted by atomic mass is 9.80. The van der Waals surface area contributed by atoms with Gasteiger partial charge in [-0.25, -0.2) is 0 Å². The summed E-state index contributed by atoms with van der Waals surface area (Å²) >= 11 is 0. The fourth-order valence-corrected chi connectivity index (χ4v) is 2.41. The van der Waals surface area contributed by atoms with Gasteiger partial charge in [-0.2, -0.15) is 0 Å². The second-order valence-corrected chi connectivity index (χ2v) is 5.19. The van der Waals surface area contributed by atoms with Crippen LogP contribution >= 0.6 is 0 Å². The minimum absolute atomic E-state index is 0.306. The average molecular weight is 249 g/mol. The summed E-state index contributed by atoms with van der Waals surface area (Å²) in [4.78, 5) is 0. The zero-order valence-corrected chi connectivity index (χ0v) is 11.3. The zero-order chi connectivity index (χ0) is 13.0. The lowest BCUT2D eigenvalue weighted by molar-refractivity contribution is -0.0333. The van der Waals surface area contributed by atoms with Crippen LogP contribution in [0.15, 0.2) is 24.3 Å². The van der Waals surface area contributed by atoms with E-state index in [4.69, 9.17) is 4.74 Å². The van der Waals surface area contributed by atoms with E-state index in [1.54, 1.807) is 7.11 Å². The van der Waals surface area contributed by atoms with Crippen molar-refractivity contribution in [2.75, 3.05) is 13.7 Å². The summed E-state index contributed by atoms with van der Waals surface area (Å²) in [6.45, 7) is 2.85. The molecule has 0 aromatic heterocycles. The first-order valence-corrected chi connectivity index (χ1v) is 6.76. The van der Waals surface area contributed by atoms with Gasteiger partial charge >= 0.3 is 0 Å². The Hall–Kier alpha value is -1.06. The van der Waals surface area contributed by atoms with Crippen molar-refractivity contribution >= 4 is 0 Å². The van der Waals surface area contributed by atoms with Crippen molar-refractivity contribution < 1.29 is 9.84 Å². The Morgan fingerprint density at radius 2 is 2.00 bits per heavy atom. The van der Waals surface area contributed by atoms with Crippen LogP contribution in [-0.4, -0.2) is 24.4 Å². The highest BCUT2D eigenvalue weighted by atomic mass is 16.5. The van der Waals surface area contributed by atoms with Crippen molar-refractivity contribution in [3.05, 3.63) is 29.8 Å². The Morgan fingerprint density at radius 1 is 1.33 bits per heavy atom. The second kappa shape index (κ2) is 5.72. The van der Waals surface area contributed by atoms with Gasteiger partial charge in [-0.1, -0.05) is 19.1 Å². The van der Waals surface area contributed by atoms with Crippen molar-refractivity contribution in [2.24, 2.45) is 0 Å². The van der Waals surface area contributed by atoms with Crippen molar-refractivity contribution in [3.63, 3.8) is 0 Å². The van der Waals surface area contributed by atoms with Gasteiger partial charge in [0.05, 0.1) is 12.7 Å². The van der Waals surface area contributed by atoms with Crippen LogP contribution in [-0.2, 0) is 0 Å². The molecule has 2 N–H and O–H groups in total. The molecule has 1 atom stereocenters. The number of hydrogen-bond acceptors (Lipinski definition) is 3. The molecule has 1 aromatic carbocycles. The largest absolute Gasteiger partial charge is 0.497 e. The van der Waals surface area contributed by atoms with E-state index in [1.165, 1.54) is 5.56 Å². The number of ether oxygens (including phenoxy) is 1. The van der Waals surface area contributed by atoms with E-state index in [2.05, 4.69) is 24.4 Å². The van der Waals surface area contributed by atoms with Crippen LogP contribution < -0.4 is 10.1 Å². The molecular weight excluding hydrogens is 226 g/mol. The normalized spacial score (nSPS) is 19.1. The summed E-state index contributed by atoms with van der Waals surface area (Å²) in [5, 5.41) is 13.6. The second-order valence-electron chi connectivity index (χ2n) is 5.19. The minimum Gasteiger partial charge on any atom is -0.497 e. The summed E-state index contributed by atoms with van der Waals surface area (Å²) in [6, 6.07) is 8.45. The summed E-state index contributed by atoms with van der Waals surface area (Å²) in [5.74, 6) is 0.881. The van der Waals surface area contributed by atoms with E-state index in [0.29, 0.717) is 12.6 Å². The van der Waals surface area contributed by atoms with Gasteiger partial charge in [0.1, 0.15) is 5.75 Å². The fraction of sp³-hybridized carbons (Fsp3) is 0.600. The van der Waals surface area contributed by atoms with Gasteiger partial charge in [0, 0.05) is 12.6 Å². The van der Waals surface area contributed by atoms with Gasteiger partial charge in [0.2, 0.25) is 0 Å². The average Bonchev–Trinajstić information content (AvgIpc) is 2.38. The lowest BCUT2D eigenvalue weighted by Gasteiger charge is -2.38. The predicted octanol–water partition coefficient (Wildman–Crippen LogP) is 2.65. The molecule has 1 fully saturated rings. The highest BCUT2D eigenvalue weighted by Gasteiger charge is 2.34. The zero-order valence-electron chi connectivity index (χ0n) is 11.3. The lowest BCUT2D eigenvalue weighted by Crippen LogP contribution is -2.47. The van der Waals surface area contributed by atoms with E-state index < -0.39 is 5.60 Å². The van der Waals surface area contributed by atoms with Crippen LogP contribution in [0.25, 0.3) is 0 Å². The molecule has 0 bridgehead atoms. The van der Waals surface area contributed by atoms with E-state index in [9.17, 15) is 5.11 Å². The summed E-state index contributed by atoms with van der Waals surface area (Å²) < 4.78 is 5.16. The highest BCUT2D eigenvalue weighted by molar-refractivity contribution is 5.29. The molecule has 0 amide bonds. The standard InChI is InChI=1S/C15H23NO2/c1-3-14(16-11-15(17)9-4-10-15)12-5-7-13(18-2)8-6-12/h5-8,14,16-17H,3-4,9-11H2,1-2H3. The Balaban J connectivity index is 1.94. The number of rotatable bonds is 6. The Morgan fingerprint density at radius 3 is 2.44 bits per heavy atom. The topological polar surface area (TPSA) is 41.5 Å². The van der Waals surface area contributed by atoms with Crippen LogP contribution in [0.5, 0.6) is 5.75 Å². The Kier molecular flexibility index (Phi) is 4.25. The van der Waals surface area contributed by atoms with E-state index in [0.717, 1.165) is 31.4 Å². The number of methoxy groups -OCH3 is 1. The first kappa shape index (κ1) is 13.4. The molecule has 0 spiro atoms. The van der Waals surface area contributed by atoms with Gasteiger partial charge in [0.15, 0.2) is 0 Å². The third kappa shape index (κ3) is 3.03. The molecule has 3 nitrogen and oxygen atoms in total. The maximum atomic E-state index is 10.1. The van der Waals surface area contributed by atoms with Crippen LogP contribution in [0.2, 0.25) is 0 Å². The first-order valence-electron chi connectivity index (χ1n) is 6.76. The van der Waals surface area contributed by atoms with Gasteiger partial charge in [-0.15, -0.1) is 0 Å². The number of nitrogens with one attached hydrogen (secondary N) is 1. The molecule has 0 aliphatic heterocycles. The van der Waals surface area contributed by atoms with Crippen LogP contribution in [0.3, 0.4) is 0 Å². The molecule has 1 aromatic rings. The highest BCUT2D eigenvalue weighted by Crippen LogP contribution is 2.31. The van der Waals surface area contributed by atoms with Crippen LogP contribution in [0.4, 0.5) is 0 Å². The third-order valence-electron chi connectivity index (χ3n) is 3.89. The fourth-order valence-electron chi connectivity index (χ4n) is 2.41.